The van der Waals surface area contributed by atoms with Crippen LogP contribution < -0.4 is 15.7 Å². The fourth-order valence-electron chi connectivity index (χ4n) is 2.46. The van der Waals surface area contributed by atoms with Crippen LogP contribution in [-0.4, -0.2) is 36.8 Å². The van der Waals surface area contributed by atoms with Crippen molar-refractivity contribution in [3.8, 4) is 0 Å². The Kier molecular flexibility index (Phi) is 7.47. The van der Waals surface area contributed by atoms with E-state index in [0.717, 1.165) is 5.56 Å². The summed E-state index contributed by atoms with van der Waals surface area (Å²) in [5.74, 6) is -2.86. The van der Waals surface area contributed by atoms with Crippen LogP contribution in [0, 0.1) is 13.8 Å². The van der Waals surface area contributed by atoms with Crippen molar-refractivity contribution >= 4 is 23.8 Å². The van der Waals surface area contributed by atoms with Crippen LogP contribution in [0.25, 0.3) is 0 Å². The standard InChI is InChI=1S/C21H22N2O6/c1-13-3-6-16(7-4-13)20(26)23-10-18(24)22-11-19(25)29-12-15-5-8-17(21(27)28)14(2)9-15/h3-9H,10-12H2,1-2H3,(H,22,24)(H,23,26)(H,27,28)/p-1. The Morgan fingerprint density at radius 1 is 0.931 bits per heavy atom. The molecule has 0 saturated carbocycles. The number of esters is 1. The van der Waals surface area contributed by atoms with Crippen LogP contribution in [0.5, 0.6) is 0 Å². The number of carbonyl (C=O) groups excluding carboxylic acids is 4. The molecule has 0 unspecified atom stereocenters. The monoisotopic (exact) mass is 397 g/mol. The molecular weight excluding hydrogens is 376 g/mol. The zero-order valence-corrected chi connectivity index (χ0v) is 16.1. The number of carboxylic acid groups (broad SMARTS) is 1. The topological polar surface area (TPSA) is 125 Å². The minimum atomic E-state index is -1.27. The Balaban J connectivity index is 1.71. The van der Waals surface area contributed by atoms with Crippen molar-refractivity contribution in [2.75, 3.05) is 13.1 Å². The van der Waals surface area contributed by atoms with Gasteiger partial charge in [-0.25, -0.2) is 0 Å². The molecule has 0 radical (unpaired) electrons. The van der Waals surface area contributed by atoms with Crippen molar-refractivity contribution in [1.82, 2.24) is 10.6 Å². The zero-order valence-electron chi connectivity index (χ0n) is 16.1. The highest BCUT2D eigenvalue weighted by Crippen LogP contribution is 2.11. The Labute approximate surface area is 167 Å². The average molecular weight is 397 g/mol. The van der Waals surface area contributed by atoms with Crippen LogP contribution in [0.1, 0.15) is 37.4 Å². The number of hydrogen-bond acceptors (Lipinski definition) is 6. The van der Waals surface area contributed by atoms with Gasteiger partial charge in [-0.3, -0.25) is 14.4 Å². The third-order valence-corrected chi connectivity index (χ3v) is 4.06. The van der Waals surface area contributed by atoms with Crippen LogP contribution in [0.15, 0.2) is 42.5 Å². The van der Waals surface area contributed by atoms with Gasteiger partial charge in [-0.1, -0.05) is 35.9 Å². The summed E-state index contributed by atoms with van der Waals surface area (Å²) in [6.07, 6.45) is 0. The summed E-state index contributed by atoms with van der Waals surface area (Å²) >= 11 is 0. The molecule has 0 spiro atoms. The van der Waals surface area contributed by atoms with E-state index in [-0.39, 0.29) is 25.3 Å². The Bertz CT molecular complexity index is 921. The number of nitrogens with one attached hydrogen (secondary N) is 2. The molecule has 0 fully saturated rings. The summed E-state index contributed by atoms with van der Waals surface area (Å²) in [7, 11) is 0. The first kappa shape index (κ1) is 21.6. The lowest BCUT2D eigenvalue weighted by Crippen LogP contribution is -2.39. The number of benzene rings is 2. The Morgan fingerprint density at radius 2 is 1.62 bits per heavy atom. The van der Waals surface area contributed by atoms with Gasteiger partial charge in [-0.15, -0.1) is 0 Å². The summed E-state index contributed by atoms with van der Waals surface area (Å²) < 4.78 is 5.04. The minimum Gasteiger partial charge on any atom is -0.545 e. The van der Waals surface area contributed by atoms with E-state index >= 15 is 0 Å². The van der Waals surface area contributed by atoms with Crippen molar-refractivity contribution in [1.29, 1.82) is 0 Å². The van der Waals surface area contributed by atoms with E-state index in [4.69, 9.17) is 4.74 Å². The molecule has 8 nitrogen and oxygen atoms in total. The lowest BCUT2D eigenvalue weighted by Gasteiger charge is -2.10. The molecule has 2 aromatic carbocycles. The molecule has 0 aromatic heterocycles. The predicted molar refractivity (Wildman–Crippen MR) is 102 cm³/mol. The van der Waals surface area contributed by atoms with E-state index in [1.807, 2.05) is 6.92 Å². The van der Waals surface area contributed by atoms with Gasteiger partial charge in [0.1, 0.15) is 13.2 Å². The number of aryl methyl sites for hydroxylation is 2. The normalized spacial score (nSPS) is 10.1. The molecule has 29 heavy (non-hydrogen) atoms. The van der Waals surface area contributed by atoms with Gasteiger partial charge in [0, 0.05) is 11.1 Å². The van der Waals surface area contributed by atoms with Crippen molar-refractivity contribution in [2.24, 2.45) is 0 Å². The van der Waals surface area contributed by atoms with Gasteiger partial charge < -0.3 is 25.3 Å². The van der Waals surface area contributed by atoms with Gasteiger partial charge in [-0.2, -0.15) is 0 Å². The summed E-state index contributed by atoms with van der Waals surface area (Å²) in [5.41, 5.74) is 2.62. The van der Waals surface area contributed by atoms with Gasteiger partial charge in [-0.05, 0) is 37.1 Å². The van der Waals surface area contributed by atoms with Crippen LogP contribution >= 0.6 is 0 Å². The van der Waals surface area contributed by atoms with Crippen LogP contribution in [0.4, 0.5) is 0 Å². The number of aromatic carboxylic acids is 1. The average Bonchev–Trinajstić information content (AvgIpc) is 2.69. The molecule has 0 saturated heterocycles. The molecule has 0 aliphatic heterocycles. The second-order valence-electron chi connectivity index (χ2n) is 6.42. The van der Waals surface area contributed by atoms with E-state index < -0.39 is 23.8 Å². The van der Waals surface area contributed by atoms with Gasteiger partial charge >= 0.3 is 5.97 Å². The zero-order chi connectivity index (χ0) is 21.4. The molecule has 0 heterocycles. The molecule has 2 amide bonds. The summed E-state index contributed by atoms with van der Waals surface area (Å²) in [6.45, 7) is 2.83. The predicted octanol–water partition coefficient (Wildman–Crippen LogP) is 0.256. The molecule has 0 aliphatic carbocycles. The smallest absolute Gasteiger partial charge is 0.325 e. The third-order valence-electron chi connectivity index (χ3n) is 4.06. The summed E-state index contributed by atoms with van der Waals surface area (Å²) in [6, 6.07) is 11.4. The molecule has 0 atom stereocenters. The molecule has 8 heteroatoms. The highest BCUT2D eigenvalue weighted by molar-refractivity contribution is 5.96. The molecule has 0 bridgehead atoms. The number of amides is 2. The number of hydrogen-bond donors (Lipinski definition) is 2. The molecule has 2 aromatic rings. The fraction of sp³-hybridized carbons (Fsp3) is 0.238. The van der Waals surface area contributed by atoms with Gasteiger partial charge in [0.2, 0.25) is 5.91 Å². The van der Waals surface area contributed by atoms with Gasteiger partial charge in [0.05, 0.1) is 12.5 Å². The van der Waals surface area contributed by atoms with Crippen molar-refractivity contribution in [3.63, 3.8) is 0 Å². The van der Waals surface area contributed by atoms with E-state index in [1.54, 1.807) is 37.3 Å². The second-order valence-corrected chi connectivity index (χ2v) is 6.42. The van der Waals surface area contributed by atoms with Crippen LogP contribution in [0.3, 0.4) is 0 Å². The molecule has 152 valence electrons. The molecule has 0 aliphatic rings. The fourth-order valence-corrected chi connectivity index (χ4v) is 2.46. The Hall–Kier alpha value is -3.68. The van der Waals surface area contributed by atoms with E-state index in [9.17, 15) is 24.3 Å². The van der Waals surface area contributed by atoms with E-state index in [2.05, 4.69) is 10.6 Å². The number of carboxylic acids is 1. The maximum Gasteiger partial charge on any atom is 0.325 e. The van der Waals surface area contributed by atoms with Gasteiger partial charge in [0.25, 0.3) is 5.91 Å². The number of ether oxygens (including phenoxy) is 1. The molecule has 2 rings (SSSR count). The SMILES string of the molecule is Cc1ccc(C(=O)NCC(=O)NCC(=O)OCc2ccc(C(=O)[O-])c(C)c2)cc1. The Morgan fingerprint density at radius 3 is 2.24 bits per heavy atom. The lowest BCUT2D eigenvalue weighted by atomic mass is 10.1. The highest BCUT2D eigenvalue weighted by atomic mass is 16.5. The quantitative estimate of drug-likeness (QED) is 0.616. The van der Waals surface area contributed by atoms with E-state index in [1.165, 1.54) is 12.1 Å². The first-order valence-corrected chi connectivity index (χ1v) is 8.84. The second kappa shape index (κ2) is 10.0. The molecule has 2 N–H and O–H groups in total. The van der Waals surface area contributed by atoms with Crippen molar-refractivity contribution < 1.29 is 29.0 Å². The number of carbonyl (C=O) groups is 4. The largest absolute Gasteiger partial charge is 0.545 e. The summed E-state index contributed by atoms with van der Waals surface area (Å²) in [5, 5.41) is 15.7. The maximum absolute atomic E-state index is 11.9. The van der Waals surface area contributed by atoms with E-state index in [0.29, 0.717) is 16.7 Å². The van der Waals surface area contributed by atoms with Gasteiger partial charge in [0.15, 0.2) is 0 Å². The first-order valence-electron chi connectivity index (χ1n) is 8.84. The van der Waals surface area contributed by atoms with Crippen LogP contribution in [0.2, 0.25) is 0 Å². The highest BCUT2D eigenvalue weighted by Gasteiger charge is 2.10. The lowest BCUT2D eigenvalue weighted by molar-refractivity contribution is -0.255. The first-order chi connectivity index (χ1) is 13.8. The van der Waals surface area contributed by atoms with Crippen LogP contribution in [-0.2, 0) is 20.9 Å². The maximum atomic E-state index is 11.9. The molecular formula is C21H21N2O6-. The minimum absolute atomic E-state index is 0.0625. The number of rotatable bonds is 8. The van der Waals surface area contributed by atoms with Crippen molar-refractivity contribution in [3.05, 3.63) is 70.3 Å². The summed E-state index contributed by atoms with van der Waals surface area (Å²) in [4.78, 5) is 46.3. The van der Waals surface area contributed by atoms with Crippen molar-refractivity contribution in [2.45, 2.75) is 20.5 Å². The third kappa shape index (κ3) is 6.76.